The first-order valence-electron chi connectivity index (χ1n) is 12.3. The van der Waals surface area contributed by atoms with Gasteiger partial charge in [-0.25, -0.2) is 0 Å². The molecule has 1 aromatic carbocycles. The fourth-order valence-electron chi connectivity index (χ4n) is 5.80. The molecule has 1 aromatic heterocycles. The number of pyridine rings is 1. The van der Waals surface area contributed by atoms with Crippen molar-refractivity contribution in [3.05, 3.63) is 52.9 Å². The number of anilines is 1. The Kier molecular flexibility index (Phi) is 5.68. The lowest BCUT2D eigenvalue weighted by atomic mass is 9.70. The minimum absolute atomic E-state index is 0.0659. The summed E-state index contributed by atoms with van der Waals surface area (Å²) in [6.07, 6.45) is 11.8. The summed E-state index contributed by atoms with van der Waals surface area (Å²) in [7, 11) is 0. The van der Waals surface area contributed by atoms with Gasteiger partial charge >= 0.3 is 0 Å². The molecule has 4 nitrogen and oxygen atoms in total. The van der Waals surface area contributed by atoms with Crippen molar-refractivity contribution in [2.75, 3.05) is 31.1 Å². The summed E-state index contributed by atoms with van der Waals surface area (Å²) in [5.74, 6) is 0. The number of benzene rings is 1. The highest BCUT2D eigenvalue weighted by atomic mass is 16.1. The van der Waals surface area contributed by atoms with Crippen LogP contribution in [-0.2, 0) is 0 Å². The lowest BCUT2D eigenvalue weighted by Gasteiger charge is -2.50. The molecule has 31 heavy (non-hydrogen) atoms. The predicted octanol–water partition coefficient (Wildman–Crippen LogP) is 5.33. The van der Waals surface area contributed by atoms with Gasteiger partial charge in [0.25, 0.3) is 5.56 Å². The summed E-state index contributed by atoms with van der Waals surface area (Å²) in [6, 6.07) is 13.7. The first-order chi connectivity index (χ1) is 15.0. The Bertz CT molecular complexity index is 939. The van der Waals surface area contributed by atoms with E-state index < -0.39 is 0 Å². The first-order valence-corrected chi connectivity index (χ1v) is 12.3. The summed E-state index contributed by atoms with van der Waals surface area (Å²) in [5.41, 5.74) is 4.28. The quantitative estimate of drug-likeness (QED) is 0.670. The lowest BCUT2D eigenvalue weighted by molar-refractivity contribution is 0.0306. The van der Waals surface area contributed by atoms with Gasteiger partial charge in [-0.2, -0.15) is 0 Å². The minimum atomic E-state index is 0.0659. The average molecular weight is 420 g/mol. The second-order valence-electron chi connectivity index (χ2n) is 10.4. The van der Waals surface area contributed by atoms with Gasteiger partial charge in [-0.05, 0) is 100 Å². The molecule has 0 radical (unpaired) electrons. The van der Waals surface area contributed by atoms with E-state index in [1.165, 1.54) is 82.4 Å². The van der Waals surface area contributed by atoms with Crippen molar-refractivity contribution in [2.45, 2.75) is 70.9 Å². The molecule has 3 fully saturated rings. The summed E-state index contributed by atoms with van der Waals surface area (Å²) in [5, 5.41) is 0. The van der Waals surface area contributed by atoms with Gasteiger partial charge in [0.1, 0.15) is 0 Å². The molecule has 2 aromatic rings. The number of rotatable bonds is 4. The molecule has 3 aliphatic rings. The Morgan fingerprint density at radius 1 is 0.839 bits per heavy atom. The number of piperidine rings is 2. The number of likely N-dealkylation sites (tertiary alicyclic amines) is 1. The van der Waals surface area contributed by atoms with Crippen molar-refractivity contribution in [1.29, 1.82) is 0 Å². The Hall–Kier alpha value is -2.07. The molecular formula is C27H37N3O. The van der Waals surface area contributed by atoms with E-state index in [-0.39, 0.29) is 11.6 Å². The van der Waals surface area contributed by atoms with Gasteiger partial charge in [0.05, 0.1) is 0 Å². The Morgan fingerprint density at radius 2 is 1.45 bits per heavy atom. The maximum absolute atomic E-state index is 12.1. The summed E-state index contributed by atoms with van der Waals surface area (Å²) in [4.78, 5) is 17.4. The highest BCUT2D eigenvalue weighted by molar-refractivity contribution is 5.65. The normalized spacial score (nSPS) is 22.1. The van der Waals surface area contributed by atoms with Gasteiger partial charge in [-0.15, -0.1) is 0 Å². The lowest BCUT2D eigenvalue weighted by Crippen LogP contribution is -2.50. The van der Waals surface area contributed by atoms with Crippen LogP contribution < -0.4 is 10.5 Å². The van der Waals surface area contributed by atoms with Gasteiger partial charge in [-0.3, -0.25) is 4.79 Å². The standard InChI is InChI=1S/C27H37N3O/c1-21(2)30-20-23(8-11-26(30)31)22-6-9-25(10-7-22)29-18-14-27(15-19-29)12-16-28(17-13-27)24-4-3-5-24/h6-11,20-21,24H,3-5,12-19H2,1-2H3. The Balaban J connectivity index is 1.21. The number of hydrogen-bond donors (Lipinski definition) is 0. The van der Waals surface area contributed by atoms with Crippen LogP contribution in [0.3, 0.4) is 0 Å². The molecule has 1 saturated carbocycles. The second kappa shape index (κ2) is 8.46. The monoisotopic (exact) mass is 419 g/mol. The van der Waals surface area contributed by atoms with Gasteiger partial charge in [-0.1, -0.05) is 18.6 Å². The zero-order valence-electron chi connectivity index (χ0n) is 19.2. The SMILES string of the molecule is CC(C)n1cc(-c2ccc(N3CCC4(CC3)CCN(C3CCC3)CC4)cc2)ccc1=O. The van der Waals surface area contributed by atoms with Crippen LogP contribution >= 0.6 is 0 Å². The van der Waals surface area contributed by atoms with E-state index >= 15 is 0 Å². The molecule has 5 rings (SSSR count). The molecule has 0 atom stereocenters. The zero-order valence-corrected chi connectivity index (χ0v) is 19.2. The van der Waals surface area contributed by atoms with Crippen LogP contribution in [-0.4, -0.2) is 41.7 Å². The first kappa shape index (κ1) is 20.8. The number of nitrogens with zero attached hydrogens (tertiary/aromatic N) is 3. The van der Waals surface area contributed by atoms with Crippen LogP contribution in [0.25, 0.3) is 11.1 Å². The minimum Gasteiger partial charge on any atom is -0.371 e. The summed E-state index contributed by atoms with van der Waals surface area (Å²) >= 11 is 0. The smallest absolute Gasteiger partial charge is 0.250 e. The maximum atomic E-state index is 12.1. The van der Waals surface area contributed by atoms with Crippen molar-refractivity contribution >= 4 is 5.69 Å². The van der Waals surface area contributed by atoms with Crippen LogP contribution in [0.1, 0.15) is 64.8 Å². The van der Waals surface area contributed by atoms with Crippen molar-refractivity contribution in [3.63, 3.8) is 0 Å². The summed E-state index contributed by atoms with van der Waals surface area (Å²) in [6.45, 7) is 9.13. The van der Waals surface area contributed by atoms with Crippen molar-refractivity contribution < 1.29 is 0 Å². The van der Waals surface area contributed by atoms with Crippen molar-refractivity contribution in [3.8, 4) is 11.1 Å². The number of aromatic nitrogens is 1. The van der Waals surface area contributed by atoms with Crippen LogP contribution in [0.2, 0.25) is 0 Å². The molecule has 0 amide bonds. The van der Waals surface area contributed by atoms with Crippen molar-refractivity contribution in [1.82, 2.24) is 9.47 Å². The molecule has 0 N–H and O–H groups in total. The van der Waals surface area contributed by atoms with Gasteiger partial charge in [0.15, 0.2) is 0 Å². The molecule has 4 heteroatoms. The molecule has 2 saturated heterocycles. The molecule has 0 unspecified atom stereocenters. The van der Waals surface area contributed by atoms with E-state index in [1.807, 2.05) is 16.8 Å². The third kappa shape index (κ3) is 4.19. The maximum Gasteiger partial charge on any atom is 0.250 e. The van der Waals surface area contributed by atoms with Gasteiger partial charge in [0.2, 0.25) is 0 Å². The van der Waals surface area contributed by atoms with Gasteiger partial charge < -0.3 is 14.4 Å². The van der Waals surface area contributed by atoms with Crippen LogP contribution in [0.4, 0.5) is 5.69 Å². The molecule has 0 bridgehead atoms. The van der Waals surface area contributed by atoms with E-state index in [0.717, 1.165) is 11.6 Å². The van der Waals surface area contributed by atoms with E-state index in [0.29, 0.717) is 5.41 Å². The second-order valence-corrected chi connectivity index (χ2v) is 10.4. The van der Waals surface area contributed by atoms with Crippen LogP contribution in [0.15, 0.2) is 47.4 Å². The fraction of sp³-hybridized carbons (Fsp3) is 0.593. The third-order valence-corrected chi connectivity index (χ3v) is 8.33. The molecule has 166 valence electrons. The van der Waals surface area contributed by atoms with Crippen molar-refractivity contribution in [2.24, 2.45) is 5.41 Å². The average Bonchev–Trinajstić information content (AvgIpc) is 2.75. The number of hydrogen-bond acceptors (Lipinski definition) is 3. The van der Waals surface area contributed by atoms with E-state index in [1.54, 1.807) is 6.07 Å². The summed E-state index contributed by atoms with van der Waals surface area (Å²) < 4.78 is 1.81. The molecule has 1 aliphatic carbocycles. The third-order valence-electron chi connectivity index (χ3n) is 8.33. The highest BCUT2D eigenvalue weighted by Crippen LogP contribution is 2.43. The van der Waals surface area contributed by atoms with Gasteiger partial charge in [0, 0.05) is 43.1 Å². The Labute approximate surface area is 186 Å². The zero-order chi connectivity index (χ0) is 21.4. The largest absolute Gasteiger partial charge is 0.371 e. The topological polar surface area (TPSA) is 28.5 Å². The molecular weight excluding hydrogens is 382 g/mol. The molecule has 3 heterocycles. The van der Waals surface area contributed by atoms with E-state index in [4.69, 9.17) is 0 Å². The molecule has 1 spiro atoms. The van der Waals surface area contributed by atoms with E-state index in [9.17, 15) is 4.79 Å². The molecule has 2 aliphatic heterocycles. The van der Waals surface area contributed by atoms with Crippen LogP contribution in [0.5, 0.6) is 0 Å². The van der Waals surface area contributed by atoms with Crippen LogP contribution in [0, 0.1) is 5.41 Å². The highest BCUT2D eigenvalue weighted by Gasteiger charge is 2.39. The fourth-order valence-corrected chi connectivity index (χ4v) is 5.80. The predicted molar refractivity (Wildman–Crippen MR) is 129 cm³/mol. The van der Waals surface area contributed by atoms with E-state index in [2.05, 4.69) is 47.9 Å². The Morgan fingerprint density at radius 3 is 2.03 bits per heavy atom.